The molecule has 154 valence electrons. The van der Waals surface area contributed by atoms with E-state index < -0.39 is 6.03 Å². The van der Waals surface area contributed by atoms with Crippen molar-refractivity contribution in [1.82, 2.24) is 15.1 Å². The van der Waals surface area contributed by atoms with Crippen LogP contribution in [0, 0.1) is 0 Å². The van der Waals surface area contributed by atoms with Crippen LogP contribution in [0.3, 0.4) is 0 Å². The zero-order valence-electron chi connectivity index (χ0n) is 16.5. The molecular formula is C20H30IN5O2. The number of urea groups is 2. The predicted molar refractivity (Wildman–Crippen MR) is 123 cm³/mol. The fraction of sp³-hybridized carbons (Fsp3) is 0.550. The van der Waals surface area contributed by atoms with Crippen LogP contribution >= 0.6 is 24.0 Å². The van der Waals surface area contributed by atoms with Crippen molar-refractivity contribution < 1.29 is 9.59 Å². The van der Waals surface area contributed by atoms with E-state index in [1.165, 1.54) is 11.3 Å². The van der Waals surface area contributed by atoms with Gasteiger partial charge in [-0.25, -0.2) is 14.5 Å². The van der Waals surface area contributed by atoms with E-state index in [0.717, 1.165) is 45.3 Å². The van der Waals surface area contributed by atoms with E-state index in [-0.39, 0.29) is 30.0 Å². The SMILES string of the molecule is CN1CCN(C(=O)N(C(=O)NC2=NCCCCCC2)c2ccccc2)CC1.I. The van der Waals surface area contributed by atoms with Crippen LogP contribution in [0.15, 0.2) is 35.3 Å². The first-order chi connectivity index (χ1) is 13.1. The molecule has 3 rings (SSSR count). The number of hydrogen-bond acceptors (Lipinski definition) is 4. The highest BCUT2D eigenvalue weighted by molar-refractivity contribution is 14.0. The van der Waals surface area contributed by atoms with Crippen molar-refractivity contribution in [3.05, 3.63) is 30.3 Å². The lowest BCUT2D eigenvalue weighted by atomic mass is 10.1. The molecule has 0 radical (unpaired) electrons. The summed E-state index contributed by atoms with van der Waals surface area (Å²) in [6.45, 7) is 3.58. The van der Waals surface area contributed by atoms with E-state index in [1.807, 2.05) is 25.2 Å². The number of anilines is 1. The summed E-state index contributed by atoms with van der Waals surface area (Å²) < 4.78 is 0. The zero-order chi connectivity index (χ0) is 19.1. The number of likely N-dealkylation sites (N-methyl/N-ethyl adjacent to an activating group) is 1. The summed E-state index contributed by atoms with van der Waals surface area (Å²) in [5.74, 6) is 0.687. The van der Waals surface area contributed by atoms with E-state index >= 15 is 0 Å². The molecule has 0 bridgehead atoms. The summed E-state index contributed by atoms with van der Waals surface area (Å²) >= 11 is 0. The van der Waals surface area contributed by atoms with Gasteiger partial charge in [0, 0.05) is 39.1 Å². The Bertz CT molecular complexity index is 674. The molecule has 2 aliphatic heterocycles. The van der Waals surface area contributed by atoms with Gasteiger partial charge in [0.2, 0.25) is 0 Å². The maximum absolute atomic E-state index is 13.1. The number of amidine groups is 1. The molecule has 7 nitrogen and oxygen atoms in total. The molecule has 4 amide bonds. The van der Waals surface area contributed by atoms with Gasteiger partial charge in [-0.3, -0.25) is 10.3 Å². The second-order valence-corrected chi connectivity index (χ2v) is 7.17. The number of para-hydroxylation sites is 1. The van der Waals surface area contributed by atoms with Crippen LogP contribution in [-0.4, -0.2) is 67.5 Å². The van der Waals surface area contributed by atoms with Gasteiger partial charge in [-0.05, 0) is 32.0 Å². The first kappa shape index (κ1) is 22.6. The number of benzene rings is 1. The van der Waals surface area contributed by atoms with Crippen molar-refractivity contribution in [2.75, 3.05) is 44.7 Å². The van der Waals surface area contributed by atoms with Gasteiger partial charge in [-0.15, -0.1) is 24.0 Å². The number of piperazine rings is 1. The highest BCUT2D eigenvalue weighted by atomic mass is 127. The number of rotatable bonds is 1. The lowest BCUT2D eigenvalue weighted by Crippen LogP contribution is -2.56. The van der Waals surface area contributed by atoms with Gasteiger partial charge in [-0.2, -0.15) is 0 Å². The molecule has 0 spiro atoms. The monoisotopic (exact) mass is 499 g/mol. The summed E-state index contributed by atoms with van der Waals surface area (Å²) in [4.78, 5) is 35.9. The molecule has 0 atom stereocenters. The minimum Gasteiger partial charge on any atom is -0.321 e. The third-order valence-corrected chi connectivity index (χ3v) is 5.06. The summed E-state index contributed by atoms with van der Waals surface area (Å²) in [7, 11) is 2.04. The second kappa shape index (κ2) is 11.4. The Labute approximate surface area is 184 Å². The van der Waals surface area contributed by atoms with Gasteiger partial charge in [0.15, 0.2) is 0 Å². The molecule has 1 aromatic carbocycles. The first-order valence-corrected chi connectivity index (χ1v) is 9.82. The maximum Gasteiger partial charge on any atom is 0.335 e. The molecule has 0 aromatic heterocycles. The molecule has 1 N–H and O–H groups in total. The fourth-order valence-corrected chi connectivity index (χ4v) is 3.36. The van der Waals surface area contributed by atoms with Gasteiger partial charge < -0.3 is 9.80 Å². The Balaban J connectivity index is 0.00000280. The Morgan fingerprint density at radius 3 is 2.39 bits per heavy atom. The average molecular weight is 499 g/mol. The van der Waals surface area contributed by atoms with Crippen molar-refractivity contribution >= 4 is 47.6 Å². The summed E-state index contributed by atoms with van der Waals surface area (Å²) in [5.41, 5.74) is 0.574. The van der Waals surface area contributed by atoms with Crippen LogP contribution in [0.25, 0.3) is 0 Å². The minimum absolute atomic E-state index is 0. The Kier molecular flexibility index (Phi) is 9.17. The van der Waals surface area contributed by atoms with Crippen molar-refractivity contribution in [1.29, 1.82) is 0 Å². The number of nitrogens with zero attached hydrogens (tertiary/aromatic N) is 4. The molecule has 0 saturated carbocycles. The quantitative estimate of drug-likeness (QED) is 0.602. The molecule has 28 heavy (non-hydrogen) atoms. The Morgan fingerprint density at radius 2 is 1.68 bits per heavy atom. The van der Waals surface area contributed by atoms with E-state index in [4.69, 9.17) is 0 Å². The van der Waals surface area contributed by atoms with E-state index in [9.17, 15) is 9.59 Å². The summed E-state index contributed by atoms with van der Waals surface area (Å²) in [6, 6.07) is 8.41. The van der Waals surface area contributed by atoms with Crippen LogP contribution in [0.1, 0.15) is 32.1 Å². The third kappa shape index (κ3) is 6.16. The van der Waals surface area contributed by atoms with Crippen LogP contribution in [0.2, 0.25) is 0 Å². The van der Waals surface area contributed by atoms with Crippen molar-refractivity contribution in [3.8, 4) is 0 Å². The molecule has 0 aliphatic carbocycles. The predicted octanol–water partition coefficient (Wildman–Crippen LogP) is 3.55. The number of carbonyl (C=O) groups excluding carboxylic acids is 2. The number of aliphatic imine (C=N–C) groups is 1. The average Bonchev–Trinajstić information content (AvgIpc) is 2.65. The van der Waals surface area contributed by atoms with Crippen molar-refractivity contribution in [3.63, 3.8) is 0 Å². The molecule has 8 heteroatoms. The van der Waals surface area contributed by atoms with Gasteiger partial charge in [0.1, 0.15) is 5.84 Å². The van der Waals surface area contributed by atoms with E-state index in [0.29, 0.717) is 24.6 Å². The first-order valence-electron chi connectivity index (χ1n) is 9.82. The Morgan fingerprint density at radius 1 is 1.00 bits per heavy atom. The number of hydrogen-bond donors (Lipinski definition) is 1. The lowest BCUT2D eigenvalue weighted by molar-refractivity contribution is 0.159. The Hall–Kier alpha value is -1.68. The highest BCUT2D eigenvalue weighted by Gasteiger charge is 2.30. The van der Waals surface area contributed by atoms with Gasteiger partial charge in [0.05, 0.1) is 5.69 Å². The van der Waals surface area contributed by atoms with Gasteiger partial charge in [0.25, 0.3) is 0 Å². The number of nitrogens with one attached hydrogen (secondary N) is 1. The zero-order valence-corrected chi connectivity index (χ0v) is 18.8. The summed E-state index contributed by atoms with van der Waals surface area (Å²) in [5, 5.41) is 2.89. The van der Waals surface area contributed by atoms with Crippen LogP contribution in [0.4, 0.5) is 15.3 Å². The maximum atomic E-state index is 13.1. The van der Waals surface area contributed by atoms with E-state index in [1.54, 1.807) is 17.0 Å². The lowest BCUT2D eigenvalue weighted by Gasteiger charge is -2.35. The smallest absolute Gasteiger partial charge is 0.321 e. The largest absolute Gasteiger partial charge is 0.335 e. The molecule has 2 aliphatic rings. The number of imide groups is 1. The molecule has 0 unspecified atom stereocenters. The van der Waals surface area contributed by atoms with Gasteiger partial charge >= 0.3 is 12.1 Å². The number of halogens is 1. The van der Waals surface area contributed by atoms with Gasteiger partial charge in [-0.1, -0.05) is 31.0 Å². The normalized spacial score (nSPS) is 18.2. The molecule has 1 saturated heterocycles. The fourth-order valence-electron chi connectivity index (χ4n) is 3.36. The van der Waals surface area contributed by atoms with Crippen LogP contribution in [0.5, 0.6) is 0 Å². The van der Waals surface area contributed by atoms with E-state index in [2.05, 4.69) is 15.2 Å². The van der Waals surface area contributed by atoms with Crippen molar-refractivity contribution in [2.24, 2.45) is 4.99 Å². The molecule has 2 heterocycles. The second-order valence-electron chi connectivity index (χ2n) is 7.17. The van der Waals surface area contributed by atoms with Crippen LogP contribution < -0.4 is 10.2 Å². The molecule has 1 aromatic rings. The number of amides is 4. The van der Waals surface area contributed by atoms with Crippen LogP contribution in [-0.2, 0) is 0 Å². The molecule has 1 fully saturated rings. The topological polar surface area (TPSA) is 68.2 Å². The standard InChI is InChI=1S/C20H29N5O2.HI/c1-23-13-15-24(16-14-23)20(27)25(17-9-5-4-6-10-17)19(26)22-18-11-7-2-3-8-12-21-18;/h4-6,9-10H,2-3,7-8,11-16H2,1H3,(H,21,22,26);1H. The highest BCUT2D eigenvalue weighted by Crippen LogP contribution is 2.17. The molecular weight excluding hydrogens is 469 g/mol. The number of carbonyl (C=O) groups is 2. The third-order valence-electron chi connectivity index (χ3n) is 5.06. The minimum atomic E-state index is -0.426. The van der Waals surface area contributed by atoms with Crippen molar-refractivity contribution in [2.45, 2.75) is 32.1 Å². The summed E-state index contributed by atoms with van der Waals surface area (Å²) in [6.07, 6.45) is 5.14.